The summed E-state index contributed by atoms with van der Waals surface area (Å²) in [5.41, 5.74) is 12.7. The molecule has 88 valence electrons. The van der Waals surface area contributed by atoms with Gasteiger partial charge in [-0.2, -0.15) is 0 Å². The van der Waals surface area contributed by atoms with Crippen LogP contribution in [-0.4, -0.2) is 10.9 Å². The number of amides is 1. The molecule has 0 unspecified atom stereocenters. The summed E-state index contributed by atoms with van der Waals surface area (Å²) in [6, 6.07) is 4.89. The van der Waals surface area contributed by atoms with Gasteiger partial charge in [-0.1, -0.05) is 0 Å². The molecule has 17 heavy (non-hydrogen) atoms. The summed E-state index contributed by atoms with van der Waals surface area (Å²) in [5, 5.41) is 0.454. The number of nitrogens with two attached hydrogens (primary N) is 2. The highest BCUT2D eigenvalue weighted by Gasteiger charge is 2.12. The van der Waals surface area contributed by atoms with Crippen LogP contribution in [0.4, 0.5) is 5.69 Å². The molecular formula is C11H11N3O2S. The van der Waals surface area contributed by atoms with E-state index < -0.39 is 5.91 Å². The monoisotopic (exact) mass is 249 g/mol. The van der Waals surface area contributed by atoms with Crippen molar-refractivity contribution >= 4 is 23.4 Å². The van der Waals surface area contributed by atoms with Gasteiger partial charge in [0.25, 0.3) is 5.22 Å². The van der Waals surface area contributed by atoms with Crippen molar-refractivity contribution < 1.29 is 9.21 Å². The number of aryl methyl sites for hydroxylation is 1. The van der Waals surface area contributed by atoms with Crippen LogP contribution in [0.5, 0.6) is 0 Å². The fraction of sp³-hybridized carbons (Fsp3) is 0.0909. The lowest BCUT2D eigenvalue weighted by Gasteiger charge is -2.04. The van der Waals surface area contributed by atoms with Crippen molar-refractivity contribution in [2.24, 2.45) is 5.73 Å². The molecule has 1 aromatic carbocycles. The zero-order valence-electron chi connectivity index (χ0n) is 9.14. The number of anilines is 1. The Hall–Kier alpha value is -1.95. The summed E-state index contributed by atoms with van der Waals surface area (Å²) >= 11 is 1.22. The maximum absolute atomic E-state index is 11.2. The molecule has 0 spiro atoms. The number of nitrogens with zero attached hydrogens (tertiary/aromatic N) is 1. The normalized spacial score (nSPS) is 10.4. The van der Waals surface area contributed by atoms with Crippen molar-refractivity contribution in [3.8, 4) is 0 Å². The van der Waals surface area contributed by atoms with Gasteiger partial charge >= 0.3 is 0 Å². The predicted molar refractivity (Wildman–Crippen MR) is 64.7 cm³/mol. The SMILES string of the molecule is Cc1coc(Sc2cc(N)ccc2C(N)=O)n1. The number of carbonyl (C=O) groups excluding carboxylic acids is 1. The van der Waals surface area contributed by atoms with Crippen molar-refractivity contribution in [1.29, 1.82) is 0 Å². The number of rotatable bonds is 3. The molecule has 0 atom stereocenters. The van der Waals surface area contributed by atoms with Gasteiger partial charge in [0.2, 0.25) is 5.91 Å². The first kappa shape index (κ1) is 11.5. The summed E-state index contributed by atoms with van der Waals surface area (Å²) in [6.45, 7) is 1.82. The fourth-order valence-electron chi connectivity index (χ4n) is 1.30. The second kappa shape index (κ2) is 4.50. The van der Waals surface area contributed by atoms with E-state index in [2.05, 4.69) is 4.98 Å². The quantitative estimate of drug-likeness (QED) is 0.809. The molecule has 0 aliphatic rings. The van der Waals surface area contributed by atoms with Crippen LogP contribution < -0.4 is 11.5 Å². The van der Waals surface area contributed by atoms with Crippen molar-refractivity contribution in [3.63, 3.8) is 0 Å². The molecule has 0 saturated carbocycles. The number of aromatic nitrogens is 1. The zero-order chi connectivity index (χ0) is 12.4. The van der Waals surface area contributed by atoms with Gasteiger partial charge in [0.05, 0.1) is 11.3 Å². The Bertz CT molecular complexity index is 566. The third kappa shape index (κ3) is 2.59. The standard InChI is InChI=1S/C11H11N3O2S/c1-6-5-16-11(14-6)17-9-4-7(12)2-3-8(9)10(13)15/h2-5H,12H2,1H3,(H2,13,15). The van der Waals surface area contributed by atoms with E-state index in [9.17, 15) is 4.79 Å². The molecular weight excluding hydrogens is 238 g/mol. The maximum Gasteiger partial charge on any atom is 0.260 e. The Morgan fingerprint density at radius 2 is 2.24 bits per heavy atom. The average Bonchev–Trinajstić information content (AvgIpc) is 2.63. The van der Waals surface area contributed by atoms with Gasteiger partial charge in [-0.05, 0) is 36.9 Å². The number of benzene rings is 1. The molecule has 0 radical (unpaired) electrons. The maximum atomic E-state index is 11.2. The molecule has 1 amide bonds. The fourth-order valence-corrected chi connectivity index (χ4v) is 2.25. The van der Waals surface area contributed by atoms with Crippen LogP contribution in [0.1, 0.15) is 16.1 Å². The Balaban J connectivity index is 2.37. The van der Waals surface area contributed by atoms with E-state index in [1.807, 2.05) is 6.92 Å². The lowest BCUT2D eigenvalue weighted by atomic mass is 10.2. The van der Waals surface area contributed by atoms with Gasteiger partial charge < -0.3 is 15.9 Å². The topological polar surface area (TPSA) is 95.1 Å². The lowest BCUT2D eigenvalue weighted by molar-refractivity contribution is 0.0997. The molecule has 4 N–H and O–H groups in total. The van der Waals surface area contributed by atoms with Crippen molar-refractivity contribution in [2.75, 3.05) is 5.73 Å². The van der Waals surface area contributed by atoms with E-state index in [-0.39, 0.29) is 0 Å². The first-order chi connectivity index (χ1) is 8.06. The zero-order valence-corrected chi connectivity index (χ0v) is 9.95. The number of nitrogen functional groups attached to an aromatic ring is 1. The van der Waals surface area contributed by atoms with E-state index >= 15 is 0 Å². The van der Waals surface area contributed by atoms with Gasteiger partial charge in [0.15, 0.2) is 0 Å². The van der Waals surface area contributed by atoms with E-state index in [0.29, 0.717) is 21.4 Å². The number of hydrogen-bond acceptors (Lipinski definition) is 5. The average molecular weight is 249 g/mol. The van der Waals surface area contributed by atoms with Crippen LogP contribution in [0.25, 0.3) is 0 Å². The smallest absolute Gasteiger partial charge is 0.260 e. The van der Waals surface area contributed by atoms with Crippen LogP contribution in [-0.2, 0) is 0 Å². The van der Waals surface area contributed by atoms with Gasteiger partial charge in [-0.3, -0.25) is 4.79 Å². The van der Waals surface area contributed by atoms with Crippen LogP contribution >= 0.6 is 11.8 Å². The Labute approximate surface area is 102 Å². The number of carbonyl (C=O) groups is 1. The van der Waals surface area contributed by atoms with E-state index in [1.165, 1.54) is 11.8 Å². The first-order valence-electron chi connectivity index (χ1n) is 4.85. The van der Waals surface area contributed by atoms with E-state index in [4.69, 9.17) is 15.9 Å². The minimum atomic E-state index is -0.504. The number of oxazole rings is 1. The van der Waals surface area contributed by atoms with Gasteiger partial charge in [-0.15, -0.1) is 0 Å². The largest absolute Gasteiger partial charge is 0.439 e. The van der Waals surface area contributed by atoms with Crippen molar-refractivity contribution in [1.82, 2.24) is 4.98 Å². The summed E-state index contributed by atoms with van der Waals surface area (Å²) in [7, 11) is 0. The Morgan fingerprint density at radius 1 is 1.47 bits per heavy atom. The number of hydrogen-bond donors (Lipinski definition) is 2. The van der Waals surface area contributed by atoms with Crippen molar-refractivity contribution in [2.45, 2.75) is 17.0 Å². The first-order valence-corrected chi connectivity index (χ1v) is 5.67. The third-order valence-electron chi connectivity index (χ3n) is 2.07. The summed E-state index contributed by atoms with van der Waals surface area (Å²) in [4.78, 5) is 16.0. The highest BCUT2D eigenvalue weighted by atomic mass is 32.2. The van der Waals surface area contributed by atoms with Gasteiger partial charge in [-0.25, -0.2) is 4.98 Å². The molecule has 0 bridgehead atoms. The molecule has 0 aliphatic heterocycles. The van der Waals surface area contributed by atoms with Crippen LogP contribution in [0.3, 0.4) is 0 Å². The minimum Gasteiger partial charge on any atom is -0.439 e. The number of primary amides is 1. The van der Waals surface area contributed by atoms with Gasteiger partial charge in [0.1, 0.15) is 6.26 Å². The van der Waals surface area contributed by atoms with Crippen LogP contribution in [0.15, 0.2) is 39.0 Å². The molecule has 1 heterocycles. The van der Waals surface area contributed by atoms with Gasteiger partial charge in [0, 0.05) is 10.6 Å². The third-order valence-corrected chi connectivity index (χ3v) is 2.99. The molecule has 2 rings (SSSR count). The summed E-state index contributed by atoms with van der Waals surface area (Å²) in [6.07, 6.45) is 1.54. The second-order valence-electron chi connectivity index (χ2n) is 3.48. The minimum absolute atomic E-state index is 0.403. The van der Waals surface area contributed by atoms with Crippen LogP contribution in [0, 0.1) is 6.92 Å². The molecule has 6 heteroatoms. The Kier molecular flexibility index (Phi) is 3.06. The summed E-state index contributed by atoms with van der Waals surface area (Å²) < 4.78 is 5.20. The van der Waals surface area contributed by atoms with Crippen molar-refractivity contribution in [3.05, 3.63) is 35.7 Å². The lowest BCUT2D eigenvalue weighted by Crippen LogP contribution is -2.12. The molecule has 1 aromatic heterocycles. The van der Waals surface area contributed by atoms with E-state index in [1.54, 1.807) is 24.5 Å². The Morgan fingerprint density at radius 3 is 2.82 bits per heavy atom. The highest BCUT2D eigenvalue weighted by molar-refractivity contribution is 7.99. The second-order valence-corrected chi connectivity index (χ2v) is 4.47. The highest BCUT2D eigenvalue weighted by Crippen LogP contribution is 2.31. The summed E-state index contributed by atoms with van der Waals surface area (Å²) in [5.74, 6) is -0.504. The molecule has 5 nitrogen and oxygen atoms in total. The molecule has 0 fully saturated rings. The van der Waals surface area contributed by atoms with Crippen LogP contribution in [0.2, 0.25) is 0 Å². The predicted octanol–water partition coefficient (Wildman–Crippen LogP) is 1.82. The molecule has 0 aliphatic carbocycles. The van der Waals surface area contributed by atoms with E-state index in [0.717, 1.165) is 5.69 Å². The molecule has 0 saturated heterocycles. The molecule has 2 aromatic rings.